The van der Waals surface area contributed by atoms with Crippen molar-refractivity contribution in [3.8, 4) is 34.8 Å². The van der Waals surface area contributed by atoms with E-state index in [2.05, 4.69) is 55.8 Å². The number of aliphatic hydroxyl groups excluding tert-OH is 1. The number of likely N-dealkylation sites (tertiary alicyclic amines) is 1. The fourth-order valence-electron chi connectivity index (χ4n) is 9.08. The maximum absolute atomic E-state index is 13.9. The molecular weight excluding hydrogens is 860 g/mol. The first-order valence-corrected chi connectivity index (χ1v) is 22.2. The minimum absolute atomic E-state index is 0.0483. The van der Waals surface area contributed by atoms with Gasteiger partial charge in [0.15, 0.2) is 0 Å². The summed E-state index contributed by atoms with van der Waals surface area (Å²) in [6.45, 7) is 13.7. The van der Waals surface area contributed by atoms with E-state index in [4.69, 9.17) is 31.1 Å². The van der Waals surface area contributed by atoms with Gasteiger partial charge in [-0.2, -0.15) is 10.5 Å². The summed E-state index contributed by atoms with van der Waals surface area (Å²) in [5.74, 6) is -0.441. The number of ether oxygens (including phenoxy) is 3. The van der Waals surface area contributed by atoms with Gasteiger partial charge < -0.3 is 40.2 Å². The molecule has 4 amide bonds. The Kier molecular flexibility index (Phi) is 15.1. The topological polar surface area (TPSA) is 203 Å². The van der Waals surface area contributed by atoms with E-state index in [0.717, 1.165) is 16.7 Å². The second kappa shape index (κ2) is 20.4. The van der Waals surface area contributed by atoms with E-state index < -0.39 is 52.2 Å². The van der Waals surface area contributed by atoms with Gasteiger partial charge in [0, 0.05) is 48.0 Å². The first kappa shape index (κ1) is 49.0. The zero-order valence-corrected chi connectivity index (χ0v) is 39.1. The molecule has 0 spiro atoms. The van der Waals surface area contributed by atoms with E-state index in [0.29, 0.717) is 33.2 Å². The highest BCUT2D eigenvalue weighted by atomic mass is 35.5. The van der Waals surface area contributed by atoms with Crippen LogP contribution in [0.4, 0.5) is 0 Å². The van der Waals surface area contributed by atoms with Crippen molar-refractivity contribution >= 4 is 35.2 Å². The van der Waals surface area contributed by atoms with Crippen LogP contribution in [-0.2, 0) is 25.7 Å². The molecule has 0 bridgehead atoms. The van der Waals surface area contributed by atoms with Gasteiger partial charge in [0.05, 0.1) is 34.9 Å². The highest BCUT2D eigenvalue weighted by Crippen LogP contribution is 2.55. The van der Waals surface area contributed by atoms with Crippen molar-refractivity contribution in [2.75, 3.05) is 26.4 Å². The number of carbonyl (C=O) groups is 4. The molecule has 3 atom stereocenters. The Labute approximate surface area is 391 Å². The molecule has 4 aromatic carbocycles. The molecule has 14 nitrogen and oxygen atoms in total. The smallest absolute Gasteiger partial charge is 0.251 e. The van der Waals surface area contributed by atoms with Gasteiger partial charge in [0.25, 0.3) is 5.91 Å². The number of halogens is 1. The number of carbonyl (C=O) groups excluding carboxylic acids is 4. The van der Waals surface area contributed by atoms with Crippen molar-refractivity contribution in [1.29, 1.82) is 10.5 Å². The molecule has 1 aliphatic carbocycles. The largest absolute Gasteiger partial charge is 0.491 e. The Morgan fingerprint density at radius 3 is 2.08 bits per heavy atom. The standard InChI is InChI=1S/C51H57ClN6O8/c1-49(2,3)43(46(63)58-29-37(59)24-41(58)45(62)55-28-32-10-8-31(26-53)9-11-32)56-42(60)30-64-22-23-65-38-19-16-34(17-20-38)33-12-14-35(15-13-33)44(61)57-47-50(4,5)48(51(47,6)7)66-39-21-18-36(27-54)40(52)25-39/h8-21,25,37,41,43,47-48,59H,22-24,28-30H2,1-7H3,(H,55,62)(H,56,60)(H,57,61)/t37-,41+,43-,47-,48-/m1/s1. The van der Waals surface area contributed by atoms with Crippen LogP contribution in [0.5, 0.6) is 11.5 Å². The molecule has 1 saturated carbocycles. The van der Waals surface area contributed by atoms with Crippen LogP contribution >= 0.6 is 11.6 Å². The lowest BCUT2D eigenvalue weighted by Crippen LogP contribution is -2.74. The summed E-state index contributed by atoms with van der Waals surface area (Å²) in [6, 6.07) is 28.6. The minimum atomic E-state index is -1.000. The maximum atomic E-state index is 13.9. The van der Waals surface area contributed by atoms with Crippen molar-refractivity contribution in [3.05, 3.63) is 118 Å². The first-order chi connectivity index (χ1) is 31.2. The molecule has 2 fully saturated rings. The molecule has 66 heavy (non-hydrogen) atoms. The van der Waals surface area contributed by atoms with Crippen LogP contribution in [0.15, 0.2) is 91.0 Å². The highest BCUT2D eigenvalue weighted by molar-refractivity contribution is 6.31. The minimum Gasteiger partial charge on any atom is -0.491 e. The average molecular weight is 918 g/mol. The molecule has 1 saturated heterocycles. The fourth-order valence-corrected chi connectivity index (χ4v) is 9.29. The molecule has 2 aliphatic rings. The van der Waals surface area contributed by atoms with E-state index in [9.17, 15) is 29.5 Å². The molecule has 6 rings (SSSR count). The van der Waals surface area contributed by atoms with E-state index in [-0.39, 0.29) is 57.4 Å². The summed E-state index contributed by atoms with van der Waals surface area (Å²) in [4.78, 5) is 54.9. The SMILES string of the molecule is CC(C)(C)[C@H](NC(=O)COCCOc1ccc(-c2ccc(C(=O)N[C@H]3C(C)(C)[C@H](Oc4ccc(C#N)c(Cl)c4)C3(C)C)cc2)cc1)C(=O)N1C[C@H](O)C[C@H]1C(=O)NCc1ccc(C#N)cc1. The van der Waals surface area contributed by atoms with Gasteiger partial charge >= 0.3 is 0 Å². The van der Waals surface area contributed by atoms with Crippen LogP contribution in [0.3, 0.4) is 0 Å². The molecule has 0 aromatic heterocycles. The molecule has 4 N–H and O–H groups in total. The summed E-state index contributed by atoms with van der Waals surface area (Å²) >= 11 is 6.24. The quantitative estimate of drug-likeness (QED) is 0.0891. The maximum Gasteiger partial charge on any atom is 0.251 e. The van der Waals surface area contributed by atoms with Gasteiger partial charge in [-0.05, 0) is 70.6 Å². The van der Waals surface area contributed by atoms with Crippen molar-refractivity contribution in [2.45, 2.75) is 91.8 Å². The van der Waals surface area contributed by atoms with Gasteiger partial charge in [0.1, 0.15) is 49.0 Å². The van der Waals surface area contributed by atoms with Crippen LogP contribution in [0.25, 0.3) is 11.1 Å². The van der Waals surface area contributed by atoms with Gasteiger partial charge in [-0.3, -0.25) is 19.2 Å². The molecule has 346 valence electrons. The zero-order valence-electron chi connectivity index (χ0n) is 38.3. The molecule has 15 heteroatoms. The van der Waals surface area contributed by atoms with Crippen molar-refractivity contribution in [2.24, 2.45) is 16.2 Å². The van der Waals surface area contributed by atoms with Gasteiger partial charge in [-0.25, -0.2) is 0 Å². The Bertz CT molecular complexity index is 2470. The number of rotatable bonds is 16. The summed E-state index contributed by atoms with van der Waals surface area (Å²) < 4.78 is 17.8. The Morgan fingerprint density at radius 2 is 1.48 bits per heavy atom. The summed E-state index contributed by atoms with van der Waals surface area (Å²) in [7, 11) is 0. The third kappa shape index (κ3) is 11.3. The van der Waals surface area contributed by atoms with Crippen molar-refractivity contribution in [3.63, 3.8) is 0 Å². The second-order valence-electron chi connectivity index (χ2n) is 19.1. The molecule has 1 heterocycles. The fraction of sp³-hybridized carbons (Fsp3) is 0.412. The van der Waals surface area contributed by atoms with E-state index >= 15 is 0 Å². The highest BCUT2D eigenvalue weighted by Gasteiger charge is 2.64. The van der Waals surface area contributed by atoms with Crippen LogP contribution in [0, 0.1) is 38.9 Å². The number of nitrogens with zero attached hydrogens (tertiary/aromatic N) is 3. The monoisotopic (exact) mass is 916 g/mol. The number of amides is 4. The molecule has 4 aromatic rings. The third-order valence-electron chi connectivity index (χ3n) is 12.3. The van der Waals surface area contributed by atoms with Crippen molar-refractivity contribution < 1.29 is 38.5 Å². The number of aliphatic hydroxyl groups is 1. The number of benzene rings is 4. The average Bonchev–Trinajstić information content (AvgIpc) is 3.69. The predicted octanol–water partition coefficient (Wildman–Crippen LogP) is 6.57. The molecule has 0 unspecified atom stereocenters. The van der Waals surface area contributed by atoms with E-state index in [1.165, 1.54) is 4.90 Å². The lowest BCUT2D eigenvalue weighted by molar-refractivity contribution is -0.164. The zero-order chi connectivity index (χ0) is 48.0. The number of nitrogens with one attached hydrogen (secondary N) is 3. The first-order valence-electron chi connectivity index (χ1n) is 21.9. The third-order valence-corrected chi connectivity index (χ3v) is 12.6. The molecule has 1 aliphatic heterocycles. The number of hydrogen-bond acceptors (Lipinski definition) is 10. The lowest BCUT2D eigenvalue weighted by atomic mass is 9.49. The van der Waals surface area contributed by atoms with Gasteiger partial charge in [-0.1, -0.05) is 96.5 Å². The van der Waals surface area contributed by atoms with Gasteiger partial charge in [0.2, 0.25) is 17.7 Å². The number of hydrogen-bond donors (Lipinski definition) is 4. The van der Waals surface area contributed by atoms with E-state index in [1.54, 1.807) is 75.4 Å². The summed E-state index contributed by atoms with van der Waals surface area (Å²) in [6.07, 6.45) is -1.06. The predicted molar refractivity (Wildman–Crippen MR) is 248 cm³/mol. The van der Waals surface area contributed by atoms with Crippen LogP contribution in [0.2, 0.25) is 5.02 Å². The Balaban J connectivity index is 0.936. The normalized spacial score (nSPS) is 19.8. The van der Waals surface area contributed by atoms with Crippen LogP contribution in [0.1, 0.15) is 81.9 Å². The van der Waals surface area contributed by atoms with Gasteiger partial charge in [-0.15, -0.1) is 0 Å². The van der Waals surface area contributed by atoms with Crippen LogP contribution < -0.4 is 25.4 Å². The Hall–Kier alpha value is -6.45. The molecule has 0 radical (unpaired) electrons. The number of β-amino-alcohol motifs (C(OH)–C–C–N with tert-alkyl or cyclic N) is 1. The van der Waals surface area contributed by atoms with Crippen LogP contribution in [-0.4, -0.2) is 90.3 Å². The van der Waals surface area contributed by atoms with Crippen molar-refractivity contribution in [1.82, 2.24) is 20.9 Å². The number of nitriles is 2. The van der Waals surface area contributed by atoms with E-state index in [1.807, 2.05) is 36.4 Å². The summed E-state index contributed by atoms with van der Waals surface area (Å²) in [5.41, 5.74) is 2.50. The summed E-state index contributed by atoms with van der Waals surface area (Å²) in [5, 5.41) is 37.9. The Morgan fingerprint density at radius 1 is 0.864 bits per heavy atom. The molecular formula is C51H57ClN6O8. The second-order valence-corrected chi connectivity index (χ2v) is 19.5. The lowest BCUT2D eigenvalue weighted by Gasteiger charge is -2.63.